The zero-order chi connectivity index (χ0) is 19.5. The Bertz CT molecular complexity index is 1030. The van der Waals surface area contributed by atoms with Crippen LogP contribution < -0.4 is 5.56 Å². The number of amides is 1. The number of fused-ring (bicyclic) bond motifs is 1. The fourth-order valence-corrected chi connectivity index (χ4v) is 4.10. The minimum atomic E-state index is -0.287. The Labute approximate surface area is 163 Å². The van der Waals surface area contributed by atoms with Crippen LogP contribution in [0.15, 0.2) is 65.6 Å². The number of hydrogen-bond acceptors (Lipinski definition) is 4. The summed E-state index contributed by atoms with van der Waals surface area (Å²) in [5, 5.41) is 9.90. The molecule has 6 nitrogen and oxygen atoms in total. The molecular weight excluding hydrogens is 354 g/mol. The van der Waals surface area contributed by atoms with Crippen molar-refractivity contribution in [1.29, 1.82) is 0 Å². The third-order valence-corrected chi connectivity index (χ3v) is 5.59. The van der Waals surface area contributed by atoms with E-state index >= 15 is 0 Å². The van der Waals surface area contributed by atoms with E-state index in [-0.39, 0.29) is 36.5 Å². The molecule has 0 unspecified atom stereocenters. The Morgan fingerprint density at radius 3 is 2.64 bits per heavy atom. The number of hydrogen-bond donors (Lipinski definition) is 1. The number of carbonyl (C=O) groups is 1. The average molecular weight is 377 g/mol. The van der Waals surface area contributed by atoms with E-state index in [4.69, 9.17) is 0 Å². The topological polar surface area (TPSA) is 75.4 Å². The van der Waals surface area contributed by atoms with E-state index in [0.29, 0.717) is 24.1 Å². The molecule has 1 aliphatic rings. The highest BCUT2D eigenvalue weighted by Gasteiger charge is 2.32. The summed E-state index contributed by atoms with van der Waals surface area (Å²) >= 11 is 0. The largest absolute Gasteiger partial charge is 0.396 e. The SMILES string of the molecule is O=C(Cn1c(=O)cnc2ccccc21)N1CC[C@H](c2ccccc2)[C@H](CO)C1. The number of rotatable bonds is 4. The highest BCUT2D eigenvalue weighted by atomic mass is 16.3. The lowest BCUT2D eigenvalue weighted by atomic mass is 9.81. The monoisotopic (exact) mass is 377 g/mol. The highest BCUT2D eigenvalue weighted by molar-refractivity contribution is 5.80. The Balaban J connectivity index is 1.53. The summed E-state index contributed by atoms with van der Waals surface area (Å²) in [6.45, 7) is 1.12. The Kier molecular flexibility index (Phi) is 5.21. The Hall–Kier alpha value is -2.99. The molecule has 1 N–H and O–H groups in total. The second kappa shape index (κ2) is 7.94. The van der Waals surface area contributed by atoms with Crippen LogP contribution in [0.25, 0.3) is 11.0 Å². The zero-order valence-corrected chi connectivity index (χ0v) is 15.6. The minimum Gasteiger partial charge on any atom is -0.396 e. The molecule has 1 fully saturated rings. The van der Waals surface area contributed by atoms with Crippen molar-refractivity contribution in [3.8, 4) is 0 Å². The number of para-hydroxylation sites is 2. The molecule has 1 aliphatic heterocycles. The minimum absolute atomic E-state index is 0.00833. The standard InChI is InChI=1S/C22H23N3O3/c26-15-17-13-24(11-10-18(17)16-6-2-1-3-7-16)22(28)14-25-20-9-5-4-8-19(20)23-12-21(25)27/h1-9,12,17-18,26H,10-11,13-15H2/t17-,18+/m0/s1. The lowest BCUT2D eigenvalue weighted by Gasteiger charge is -2.38. The molecule has 0 aliphatic carbocycles. The molecule has 144 valence electrons. The summed E-state index contributed by atoms with van der Waals surface area (Å²) in [7, 11) is 0. The molecule has 6 heteroatoms. The van der Waals surface area contributed by atoms with E-state index in [2.05, 4.69) is 17.1 Å². The number of piperidine rings is 1. The number of likely N-dealkylation sites (tertiary alicyclic amines) is 1. The third kappa shape index (κ3) is 3.55. The van der Waals surface area contributed by atoms with Gasteiger partial charge in [0.2, 0.25) is 5.91 Å². The second-order valence-electron chi connectivity index (χ2n) is 7.26. The molecule has 0 radical (unpaired) electrons. The molecule has 1 amide bonds. The molecule has 3 aromatic rings. The van der Waals surface area contributed by atoms with Crippen molar-refractivity contribution in [2.75, 3.05) is 19.7 Å². The van der Waals surface area contributed by atoms with Crippen LogP contribution >= 0.6 is 0 Å². The van der Waals surface area contributed by atoms with Crippen LogP contribution in [0, 0.1) is 5.92 Å². The molecule has 2 atom stereocenters. The molecule has 0 spiro atoms. The van der Waals surface area contributed by atoms with Gasteiger partial charge in [0.1, 0.15) is 6.54 Å². The van der Waals surface area contributed by atoms with Crippen LogP contribution in [0.4, 0.5) is 0 Å². The van der Waals surface area contributed by atoms with Crippen LogP contribution in [0.3, 0.4) is 0 Å². The average Bonchev–Trinajstić information content (AvgIpc) is 2.75. The second-order valence-corrected chi connectivity index (χ2v) is 7.26. The predicted molar refractivity (Wildman–Crippen MR) is 107 cm³/mol. The number of aliphatic hydroxyl groups is 1. The molecule has 0 bridgehead atoms. The number of aromatic nitrogens is 2. The molecule has 1 aromatic heterocycles. The van der Waals surface area contributed by atoms with Gasteiger partial charge in [-0.1, -0.05) is 42.5 Å². The number of benzene rings is 2. The van der Waals surface area contributed by atoms with E-state index in [1.54, 1.807) is 11.0 Å². The van der Waals surface area contributed by atoms with Crippen LogP contribution in [0.2, 0.25) is 0 Å². The van der Waals surface area contributed by atoms with Crippen molar-refractivity contribution in [3.63, 3.8) is 0 Å². The first kappa shape index (κ1) is 18.4. The summed E-state index contributed by atoms with van der Waals surface area (Å²) in [6.07, 6.45) is 2.06. The van der Waals surface area contributed by atoms with Gasteiger partial charge in [0.25, 0.3) is 5.56 Å². The van der Waals surface area contributed by atoms with Crippen molar-refractivity contribution >= 4 is 16.9 Å². The predicted octanol–water partition coefficient (Wildman–Crippen LogP) is 2.02. The summed E-state index contributed by atoms with van der Waals surface area (Å²) < 4.78 is 1.47. The lowest BCUT2D eigenvalue weighted by molar-refractivity contribution is -0.134. The van der Waals surface area contributed by atoms with Gasteiger partial charge < -0.3 is 10.0 Å². The Morgan fingerprint density at radius 1 is 1.11 bits per heavy atom. The van der Waals surface area contributed by atoms with Crippen molar-refractivity contribution in [2.45, 2.75) is 18.9 Å². The van der Waals surface area contributed by atoms with Gasteiger partial charge in [-0.25, -0.2) is 4.98 Å². The van der Waals surface area contributed by atoms with Crippen molar-refractivity contribution < 1.29 is 9.90 Å². The van der Waals surface area contributed by atoms with Crippen LogP contribution in [0.5, 0.6) is 0 Å². The maximum Gasteiger partial charge on any atom is 0.269 e. The van der Waals surface area contributed by atoms with Gasteiger partial charge in [-0.05, 0) is 30.0 Å². The van der Waals surface area contributed by atoms with Gasteiger partial charge in [0.15, 0.2) is 0 Å². The lowest BCUT2D eigenvalue weighted by Crippen LogP contribution is -2.46. The maximum atomic E-state index is 12.9. The van der Waals surface area contributed by atoms with E-state index in [1.807, 2.05) is 36.4 Å². The zero-order valence-electron chi connectivity index (χ0n) is 15.6. The van der Waals surface area contributed by atoms with Crippen molar-refractivity contribution in [1.82, 2.24) is 14.5 Å². The third-order valence-electron chi connectivity index (χ3n) is 5.59. The van der Waals surface area contributed by atoms with E-state index in [1.165, 1.54) is 16.3 Å². The molecular formula is C22H23N3O3. The first-order chi connectivity index (χ1) is 13.7. The fraction of sp³-hybridized carbons (Fsp3) is 0.318. The first-order valence-corrected chi connectivity index (χ1v) is 9.55. The van der Waals surface area contributed by atoms with Gasteiger partial charge >= 0.3 is 0 Å². The molecule has 2 heterocycles. The number of carbonyl (C=O) groups excluding carboxylic acids is 1. The summed E-state index contributed by atoms with van der Waals surface area (Å²) in [6, 6.07) is 17.4. The van der Waals surface area contributed by atoms with Crippen molar-refractivity contribution in [2.24, 2.45) is 5.92 Å². The van der Waals surface area contributed by atoms with Gasteiger partial charge in [0.05, 0.1) is 17.2 Å². The molecule has 28 heavy (non-hydrogen) atoms. The van der Waals surface area contributed by atoms with E-state index in [9.17, 15) is 14.7 Å². The molecule has 2 aromatic carbocycles. The number of nitrogens with zero attached hydrogens (tertiary/aromatic N) is 3. The van der Waals surface area contributed by atoms with Crippen LogP contribution in [-0.4, -0.2) is 45.2 Å². The van der Waals surface area contributed by atoms with Crippen molar-refractivity contribution in [3.05, 3.63) is 76.7 Å². The van der Waals surface area contributed by atoms with Gasteiger partial charge in [0, 0.05) is 25.6 Å². The van der Waals surface area contributed by atoms with Crippen LogP contribution in [-0.2, 0) is 11.3 Å². The van der Waals surface area contributed by atoms with Gasteiger partial charge in [-0.3, -0.25) is 14.2 Å². The quantitative estimate of drug-likeness (QED) is 0.755. The number of aliphatic hydroxyl groups excluding tert-OH is 1. The normalized spacial score (nSPS) is 19.7. The fourth-order valence-electron chi connectivity index (χ4n) is 4.10. The van der Waals surface area contributed by atoms with E-state index in [0.717, 1.165) is 6.42 Å². The summed E-state index contributed by atoms with van der Waals surface area (Å²) in [5.41, 5.74) is 2.25. The van der Waals surface area contributed by atoms with E-state index < -0.39 is 0 Å². The summed E-state index contributed by atoms with van der Waals surface area (Å²) in [4.78, 5) is 31.1. The Morgan fingerprint density at radius 2 is 1.86 bits per heavy atom. The summed E-state index contributed by atoms with van der Waals surface area (Å²) in [5.74, 6) is 0.120. The first-order valence-electron chi connectivity index (χ1n) is 9.55. The van der Waals surface area contributed by atoms with Crippen LogP contribution in [0.1, 0.15) is 17.9 Å². The maximum absolute atomic E-state index is 12.9. The molecule has 0 saturated carbocycles. The molecule has 4 rings (SSSR count). The van der Waals surface area contributed by atoms with Gasteiger partial charge in [-0.2, -0.15) is 0 Å². The molecule has 1 saturated heterocycles. The smallest absolute Gasteiger partial charge is 0.269 e. The highest BCUT2D eigenvalue weighted by Crippen LogP contribution is 2.32. The van der Waals surface area contributed by atoms with Gasteiger partial charge in [-0.15, -0.1) is 0 Å².